The van der Waals surface area contributed by atoms with Crippen LogP contribution in [0.15, 0.2) is 18.5 Å². The minimum absolute atomic E-state index is 0.0546. The van der Waals surface area contributed by atoms with E-state index in [4.69, 9.17) is 0 Å². The predicted octanol–water partition coefficient (Wildman–Crippen LogP) is 1.48. The van der Waals surface area contributed by atoms with Crippen LogP contribution in [0.2, 0.25) is 0 Å². The van der Waals surface area contributed by atoms with Crippen molar-refractivity contribution >= 4 is 21.4 Å². The van der Waals surface area contributed by atoms with E-state index >= 15 is 0 Å². The lowest BCUT2D eigenvalue weighted by atomic mass is 10.1. The van der Waals surface area contributed by atoms with Crippen LogP contribution in [0.5, 0.6) is 0 Å². The molecule has 7 heteroatoms. The third-order valence-corrected chi connectivity index (χ3v) is 5.91. The standard InChI is InChI=1S/C16H25N3O3S/c1-12(2)4-6-18-16(20)13-8-15(10-17-9-13)19(3)14-5-7-23(21,22)11-14/h8-10,12,14H,4-7,11H2,1-3H3,(H,18,20). The first-order valence-corrected chi connectivity index (χ1v) is 9.77. The van der Waals surface area contributed by atoms with Gasteiger partial charge in [-0.25, -0.2) is 8.42 Å². The lowest BCUT2D eigenvalue weighted by Crippen LogP contribution is -2.33. The van der Waals surface area contributed by atoms with Crippen LogP contribution in [0.25, 0.3) is 0 Å². The summed E-state index contributed by atoms with van der Waals surface area (Å²) in [4.78, 5) is 18.2. The van der Waals surface area contributed by atoms with Crippen LogP contribution in [-0.4, -0.2) is 50.4 Å². The number of amides is 1. The maximum atomic E-state index is 12.2. The van der Waals surface area contributed by atoms with E-state index in [1.54, 1.807) is 12.3 Å². The molecule has 2 rings (SSSR count). The molecule has 0 aromatic carbocycles. The normalized spacial score (nSPS) is 19.7. The lowest BCUT2D eigenvalue weighted by Gasteiger charge is -2.25. The van der Waals surface area contributed by atoms with Gasteiger partial charge in [0.25, 0.3) is 5.91 Å². The molecular formula is C16H25N3O3S. The van der Waals surface area contributed by atoms with Crippen LogP contribution in [-0.2, 0) is 9.84 Å². The van der Waals surface area contributed by atoms with E-state index in [2.05, 4.69) is 24.1 Å². The zero-order valence-corrected chi connectivity index (χ0v) is 14.8. The van der Waals surface area contributed by atoms with Gasteiger partial charge in [-0.2, -0.15) is 0 Å². The summed E-state index contributed by atoms with van der Waals surface area (Å²) in [6.45, 7) is 4.86. The maximum absolute atomic E-state index is 12.2. The fourth-order valence-corrected chi connectivity index (χ4v) is 4.39. The average molecular weight is 339 g/mol. The summed E-state index contributed by atoms with van der Waals surface area (Å²) >= 11 is 0. The molecule has 1 aromatic heterocycles. The smallest absolute Gasteiger partial charge is 0.252 e. The van der Waals surface area contributed by atoms with Gasteiger partial charge in [0, 0.05) is 25.8 Å². The van der Waals surface area contributed by atoms with Gasteiger partial charge in [0.1, 0.15) is 0 Å². The molecule has 1 unspecified atom stereocenters. The first-order valence-electron chi connectivity index (χ1n) is 7.95. The number of aromatic nitrogens is 1. The second kappa shape index (κ2) is 7.29. The van der Waals surface area contributed by atoms with Crippen molar-refractivity contribution in [3.8, 4) is 0 Å². The monoisotopic (exact) mass is 339 g/mol. The second-order valence-electron chi connectivity index (χ2n) is 6.54. The average Bonchev–Trinajstić information content (AvgIpc) is 2.86. The Morgan fingerprint density at radius 1 is 1.43 bits per heavy atom. The number of carbonyl (C=O) groups is 1. The largest absolute Gasteiger partial charge is 0.369 e. The molecule has 1 aliphatic heterocycles. The Labute approximate surface area is 138 Å². The van der Waals surface area contributed by atoms with E-state index in [9.17, 15) is 13.2 Å². The molecule has 0 saturated carbocycles. The van der Waals surface area contributed by atoms with Gasteiger partial charge >= 0.3 is 0 Å². The molecule has 0 bridgehead atoms. The molecule has 1 atom stereocenters. The van der Waals surface area contributed by atoms with Crippen LogP contribution in [0.1, 0.15) is 37.0 Å². The Bertz CT molecular complexity index is 658. The Morgan fingerprint density at radius 2 is 2.17 bits per heavy atom. The fraction of sp³-hybridized carbons (Fsp3) is 0.625. The molecule has 1 aliphatic rings. The molecule has 128 valence electrons. The Hall–Kier alpha value is -1.63. The summed E-state index contributed by atoms with van der Waals surface area (Å²) in [5, 5.41) is 2.89. The summed E-state index contributed by atoms with van der Waals surface area (Å²) in [6.07, 6.45) is 4.74. The summed E-state index contributed by atoms with van der Waals surface area (Å²) < 4.78 is 23.2. The third kappa shape index (κ3) is 4.92. The summed E-state index contributed by atoms with van der Waals surface area (Å²) in [6, 6.07) is 1.71. The molecule has 1 N–H and O–H groups in total. The number of sulfone groups is 1. The number of hydrogen-bond acceptors (Lipinski definition) is 5. The van der Waals surface area contributed by atoms with Gasteiger partial charge in [0.2, 0.25) is 0 Å². The molecule has 1 amide bonds. The summed E-state index contributed by atoms with van der Waals surface area (Å²) in [5.74, 6) is 0.779. The number of nitrogens with one attached hydrogen (secondary N) is 1. The van der Waals surface area contributed by atoms with Gasteiger partial charge in [-0.05, 0) is 24.8 Å². The van der Waals surface area contributed by atoms with Crippen molar-refractivity contribution in [2.45, 2.75) is 32.7 Å². The van der Waals surface area contributed by atoms with Crippen molar-refractivity contribution in [3.05, 3.63) is 24.0 Å². The van der Waals surface area contributed by atoms with Gasteiger partial charge in [-0.15, -0.1) is 0 Å². The van der Waals surface area contributed by atoms with Crippen molar-refractivity contribution in [2.75, 3.05) is 30.0 Å². The van der Waals surface area contributed by atoms with E-state index in [0.29, 0.717) is 24.4 Å². The van der Waals surface area contributed by atoms with Crippen molar-refractivity contribution in [3.63, 3.8) is 0 Å². The summed E-state index contributed by atoms with van der Waals surface area (Å²) in [7, 11) is -1.09. The van der Waals surface area contributed by atoms with E-state index in [1.165, 1.54) is 6.20 Å². The van der Waals surface area contributed by atoms with E-state index in [0.717, 1.165) is 12.1 Å². The fourth-order valence-electron chi connectivity index (χ4n) is 2.61. The number of hydrogen-bond donors (Lipinski definition) is 1. The predicted molar refractivity (Wildman–Crippen MR) is 91.5 cm³/mol. The Kier molecular flexibility index (Phi) is 5.62. The number of pyridine rings is 1. The van der Waals surface area contributed by atoms with E-state index in [-0.39, 0.29) is 23.5 Å². The highest BCUT2D eigenvalue weighted by Crippen LogP contribution is 2.22. The zero-order valence-electron chi connectivity index (χ0n) is 13.9. The van der Waals surface area contributed by atoms with Crippen LogP contribution < -0.4 is 10.2 Å². The first kappa shape index (κ1) is 17.7. The summed E-state index contributed by atoms with van der Waals surface area (Å²) in [5.41, 5.74) is 1.27. The Balaban J connectivity index is 2.03. The zero-order chi connectivity index (χ0) is 17.0. The number of anilines is 1. The third-order valence-electron chi connectivity index (χ3n) is 4.16. The van der Waals surface area contributed by atoms with Gasteiger partial charge < -0.3 is 10.2 Å². The molecule has 0 spiro atoms. The molecule has 1 aromatic rings. The van der Waals surface area contributed by atoms with Gasteiger partial charge in [0.15, 0.2) is 9.84 Å². The van der Waals surface area contributed by atoms with Crippen molar-refractivity contribution < 1.29 is 13.2 Å². The second-order valence-corrected chi connectivity index (χ2v) is 8.77. The lowest BCUT2D eigenvalue weighted by molar-refractivity contribution is 0.0951. The van der Waals surface area contributed by atoms with Crippen LogP contribution >= 0.6 is 0 Å². The highest BCUT2D eigenvalue weighted by Gasteiger charge is 2.31. The van der Waals surface area contributed by atoms with Gasteiger partial charge in [0.05, 0.1) is 29.0 Å². The Morgan fingerprint density at radius 3 is 2.78 bits per heavy atom. The molecule has 0 aliphatic carbocycles. The van der Waals surface area contributed by atoms with Gasteiger partial charge in [-0.1, -0.05) is 13.8 Å². The van der Waals surface area contributed by atoms with E-state index < -0.39 is 9.84 Å². The molecule has 2 heterocycles. The van der Waals surface area contributed by atoms with Crippen molar-refractivity contribution in [1.82, 2.24) is 10.3 Å². The van der Waals surface area contributed by atoms with Crippen molar-refractivity contribution in [2.24, 2.45) is 5.92 Å². The highest BCUT2D eigenvalue weighted by molar-refractivity contribution is 7.91. The van der Waals surface area contributed by atoms with Gasteiger partial charge in [-0.3, -0.25) is 9.78 Å². The first-order chi connectivity index (χ1) is 10.8. The number of rotatable bonds is 6. The topological polar surface area (TPSA) is 79.4 Å². The molecule has 6 nitrogen and oxygen atoms in total. The van der Waals surface area contributed by atoms with Crippen LogP contribution in [0.4, 0.5) is 5.69 Å². The minimum atomic E-state index is -2.94. The van der Waals surface area contributed by atoms with Crippen LogP contribution in [0, 0.1) is 5.92 Å². The molecule has 0 radical (unpaired) electrons. The highest BCUT2D eigenvalue weighted by atomic mass is 32.2. The molecule has 23 heavy (non-hydrogen) atoms. The van der Waals surface area contributed by atoms with E-state index in [1.807, 2.05) is 11.9 Å². The maximum Gasteiger partial charge on any atom is 0.252 e. The molecular weight excluding hydrogens is 314 g/mol. The number of nitrogens with zero attached hydrogens (tertiary/aromatic N) is 2. The van der Waals surface area contributed by atoms with Crippen molar-refractivity contribution in [1.29, 1.82) is 0 Å². The minimum Gasteiger partial charge on any atom is -0.369 e. The SMILES string of the molecule is CC(C)CCNC(=O)c1cncc(N(C)C2CCS(=O)(=O)C2)c1. The molecule has 1 saturated heterocycles. The quantitative estimate of drug-likeness (QED) is 0.849. The van der Waals surface area contributed by atoms with Crippen LogP contribution in [0.3, 0.4) is 0 Å². The number of carbonyl (C=O) groups excluding carboxylic acids is 1. The molecule has 1 fully saturated rings.